The fourth-order valence-electron chi connectivity index (χ4n) is 1.50. The first-order valence-electron chi connectivity index (χ1n) is 5.10. The van der Waals surface area contributed by atoms with Gasteiger partial charge in [0.25, 0.3) is 5.69 Å². The minimum Gasteiger partial charge on any atom is -0.505 e. The molecule has 0 radical (unpaired) electrons. The molecule has 88 valence electrons. The average Bonchev–Trinajstić information content (AvgIpc) is 2.73. The van der Waals surface area contributed by atoms with Gasteiger partial charge in [-0.25, -0.2) is 0 Å². The molecule has 1 N–H and O–H groups in total. The molecule has 0 aliphatic heterocycles. The number of aryl methyl sites for hydroxylation is 2. The van der Waals surface area contributed by atoms with E-state index in [1.54, 1.807) is 16.8 Å². The molecule has 2 aromatic rings. The van der Waals surface area contributed by atoms with Crippen LogP contribution in [-0.4, -0.2) is 19.8 Å². The molecule has 0 saturated carbocycles. The number of non-ortho nitro benzene ring substituents is 1. The van der Waals surface area contributed by atoms with Crippen LogP contribution in [0, 0.1) is 10.1 Å². The Labute approximate surface area is 97.3 Å². The Morgan fingerprint density at radius 1 is 1.35 bits per heavy atom. The Bertz CT molecular complexity index is 519. The summed E-state index contributed by atoms with van der Waals surface area (Å²) < 4.78 is 1.62. The van der Waals surface area contributed by atoms with E-state index in [9.17, 15) is 10.1 Å². The highest BCUT2D eigenvalue weighted by Crippen LogP contribution is 2.13. The summed E-state index contributed by atoms with van der Waals surface area (Å²) in [4.78, 5) is 10.0. The van der Waals surface area contributed by atoms with Gasteiger partial charge >= 0.3 is 0 Å². The van der Waals surface area contributed by atoms with Crippen molar-refractivity contribution in [3.8, 4) is 5.75 Å². The van der Waals surface area contributed by atoms with Crippen LogP contribution in [0.1, 0.15) is 5.56 Å². The van der Waals surface area contributed by atoms with Gasteiger partial charge in [0.1, 0.15) is 0 Å². The molecule has 1 aromatic heterocycles. The Balaban J connectivity index is 1.97. The van der Waals surface area contributed by atoms with Gasteiger partial charge in [-0.1, -0.05) is 12.1 Å². The summed E-state index contributed by atoms with van der Waals surface area (Å²) in [6.07, 6.45) is 3.61. The molecule has 1 aromatic carbocycles. The third kappa shape index (κ3) is 2.81. The molecule has 6 heteroatoms. The number of nitrogens with zero attached hydrogens (tertiary/aromatic N) is 3. The zero-order chi connectivity index (χ0) is 12.3. The predicted molar refractivity (Wildman–Crippen MR) is 60.7 cm³/mol. The van der Waals surface area contributed by atoms with E-state index in [-0.39, 0.29) is 11.4 Å². The lowest BCUT2D eigenvalue weighted by atomic mass is 10.1. The molecule has 0 unspecified atom stereocenters. The van der Waals surface area contributed by atoms with Gasteiger partial charge in [0, 0.05) is 18.7 Å². The Hall–Kier alpha value is -2.37. The summed E-state index contributed by atoms with van der Waals surface area (Å²) in [6, 6.07) is 6.41. The van der Waals surface area contributed by atoms with Crippen LogP contribution in [-0.2, 0) is 13.0 Å². The first-order valence-corrected chi connectivity index (χ1v) is 5.10. The van der Waals surface area contributed by atoms with E-state index in [0.717, 1.165) is 5.56 Å². The molecule has 2 rings (SSSR count). The van der Waals surface area contributed by atoms with Gasteiger partial charge in [0.05, 0.1) is 17.3 Å². The van der Waals surface area contributed by atoms with Crippen LogP contribution in [0.4, 0.5) is 5.69 Å². The highest BCUT2D eigenvalue weighted by molar-refractivity contribution is 5.32. The van der Waals surface area contributed by atoms with E-state index in [1.165, 1.54) is 24.5 Å². The van der Waals surface area contributed by atoms with E-state index in [1.807, 2.05) is 0 Å². The van der Waals surface area contributed by atoms with Crippen LogP contribution < -0.4 is 0 Å². The van der Waals surface area contributed by atoms with Crippen molar-refractivity contribution in [2.75, 3.05) is 0 Å². The number of aromatic nitrogens is 2. The molecule has 6 nitrogen and oxygen atoms in total. The maximum Gasteiger partial charge on any atom is 0.269 e. The lowest BCUT2D eigenvalue weighted by Gasteiger charge is -2.01. The zero-order valence-electron chi connectivity index (χ0n) is 8.98. The number of aromatic hydroxyl groups is 1. The maximum absolute atomic E-state index is 10.5. The highest BCUT2D eigenvalue weighted by Gasteiger charge is 2.04. The third-order valence-corrected chi connectivity index (χ3v) is 2.40. The molecule has 0 amide bonds. The smallest absolute Gasteiger partial charge is 0.269 e. The van der Waals surface area contributed by atoms with Gasteiger partial charge in [0.2, 0.25) is 0 Å². The van der Waals surface area contributed by atoms with Crippen LogP contribution in [0.3, 0.4) is 0 Å². The summed E-state index contributed by atoms with van der Waals surface area (Å²) in [5.41, 5.74) is 1.08. The summed E-state index contributed by atoms with van der Waals surface area (Å²) in [5, 5.41) is 23.5. The fraction of sp³-hybridized carbons (Fsp3) is 0.182. The van der Waals surface area contributed by atoms with Gasteiger partial charge in [-0.05, 0) is 12.0 Å². The third-order valence-electron chi connectivity index (χ3n) is 2.40. The Morgan fingerprint density at radius 2 is 2.06 bits per heavy atom. The zero-order valence-corrected chi connectivity index (χ0v) is 8.98. The van der Waals surface area contributed by atoms with Gasteiger partial charge in [0.15, 0.2) is 5.75 Å². The van der Waals surface area contributed by atoms with Crippen LogP contribution in [0.5, 0.6) is 5.75 Å². The monoisotopic (exact) mass is 233 g/mol. The minimum atomic E-state index is -0.421. The second-order valence-corrected chi connectivity index (χ2v) is 3.64. The molecule has 0 saturated heterocycles. The fourth-order valence-corrected chi connectivity index (χ4v) is 1.50. The van der Waals surface area contributed by atoms with Gasteiger partial charge in [-0.15, -0.1) is 0 Å². The first-order chi connectivity index (χ1) is 8.15. The summed E-state index contributed by atoms with van der Waals surface area (Å²) >= 11 is 0. The van der Waals surface area contributed by atoms with Crippen molar-refractivity contribution in [3.05, 3.63) is 52.3 Å². The molecule has 0 bridgehead atoms. The number of rotatable bonds is 4. The quantitative estimate of drug-likeness (QED) is 0.644. The number of hydrogen-bond acceptors (Lipinski definition) is 4. The van der Waals surface area contributed by atoms with E-state index >= 15 is 0 Å². The largest absolute Gasteiger partial charge is 0.505 e. The van der Waals surface area contributed by atoms with Crippen LogP contribution in [0.25, 0.3) is 0 Å². The van der Waals surface area contributed by atoms with Gasteiger partial charge < -0.3 is 5.11 Å². The number of nitro benzene ring substituents is 1. The molecule has 0 atom stereocenters. The normalized spacial score (nSPS) is 10.4. The summed E-state index contributed by atoms with van der Waals surface area (Å²) in [7, 11) is 0. The lowest BCUT2D eigenvalue weighted by Crippen LogP contribution is -2.01. The maximum atomic E-state index is 10.5. The summed E-state index contributed by atoms with van der Waals surface area (Å²) in [5.74, 6) is 0.133. The molecule has 17 heavy (non-hydrogen) atoms. The molecule has 1 heterocycles. The molecule has 0 spiro atoms. The topological polar surface area (TPSA) is 81.2 Å². The Kier molecular flexibility index (Phi) is 3.04. The van der Waals surface area contributed by atoms with Gasteiger partial charge in [-0.2, -0.15) is 5.10 Å². The number of hydrogen-bond donors (Lipinski definition) is 1. The standard InChI is InChI=1S/C11H11N3O3/c15-11-7-12-13(8-11)6-5-9-1-3-10(4-2-9)14(16)17/h1-4,7-8,15H,5-6H2. The van der Waals surface area contributed by atoms with Gasteiger partial charge in [-0.3, -0.25) is 14.8 Å². The second kappa shape index (κ2) is 4.65. The van der Waals surface area contributed by atoms with E-state index < -0.39 is 4.92 Å². The summed E-state index contributed by atoms with van der Waals surface area (Å²) in [6.45, 7) is 0.623. The van der Waals surface area contributed by atoms with Crippen LogP contribution in [0.2, 0.25) is 0 Å². The molecular formula is C11H11N3O3. The molecular weight excluding hydrogens is 222 g/mol. The van der Waals surface area contributed by atoms with E-state index in [0.29, 0.717) is 13.0 Å². The van der Waals surface area contributed by atoms with Crippen molar-refractivity contribution in [2.45, 2.75) is 13.0 Å². The van der Waals surface area contributed by atoms with Crippen LogP contribution in [0.15, 0.2) is 36.7 Å². The minimum absolute atomic E-state index is 0.0884. The van der Waals surface area contributed by atoms with E-state index in [2.05, 4.69) is 5.10 Å². The number of nitro groups is 1. The lowest BCUT2D eigenvalue weighted by molar-refractivity contribution is -0.384. The SMILES string of the molecule is O=[N+]([O-])c1ccc(CCn2cc(O)cn2)cc1. The second-order valence-electron chi connectivity index (χ2n) is 3.64. The number of benzene rings is 1. The first kappa shape index (κ1) is 11.1. The van der Waals surface area contributed by atoms with E-state index in [4.69, 9.17) is 5.11 Å². The molecule has 0 fully saturated rings. The van der Waals surface area contributed by atoms with Crippen molar-refractivity contribution < 1.29 is 10.0 Å². The van der Waals surface area contributed by atoms with Crippen molar-refractivity contribution >= 4 is 5.69 Å². The predicted octanol–water partition coefficient (Wildman–Crippen LogP) is 1.74. The van der Waals surface area contributed by atoms with Crippen molar-refractivity contribution in [2.24, 2.45) is 0 Å². The van der Waals surface area contributed by atoms with Crippen molar-refractivity contribution in [1.29, 1.82) is 0 Å². The van der Waals surface area contributed by atoms with Crippen molar-refractivity contribution in [1.82, 2.24) is 9.78 Å². The Morgan fingerprint density at radius 3 is 2.59 bits per heavy atom. The molecule has 0 aliphatic rings. The van der Waals surface area contributed by atoms with Crippen LogP contribution >= 0.6 is 0 Å². The average molecular weight is 233 g/mol. The highest BCUT2D eigenvalue weighted by atomic mass is 16.6. The van der Waals surface area contributed by atoms with Crippen molar-refractivity contribution in [3.63, 3.8) is 0 Å². The molecule has 0 aliphatic carbocycles.